The van der Waals surface area contributed by atoms with Crippen LogP contribution in [0.2, 0.25) is 0 Å². The Kier molecular flexibility index (Phi) is 5.50. The highest BCUT2D eigenvalue weighted by molar-refractivity contribution is 7.80. The monoisotopic (exact) mass is 323 g/mol. The average molecular weight is 324 g/mol. The number of ether oxygens (including phenoxy) is 1. The first-order valence-corrected chi connectivity index (χ1v) is 7.96. The molecule has 124 valence electrons. The average Bonchev–Trinajstić information content (AvgIpc) is 2.33. The van der Waals surface area contributed by atoms with Crippen LogP contribution in [-0.4, -0.2) is 29.3 Å². The van der Waals surface area contributed by atoms with Crippen LogP contribution in [0.15, 0.2) is 12.1 Å². The van der Waals surface area contributed by atoms with E-state index in [1.165, 1.54) is 0 Å². The summed E-state index contributed by atoms with van der Waals surface area (Å²) in [5.41, 5.74) is 2.63. The topological polar surface area (TPSA) is 32.7 Å². The fourth-order valence-corrected chi connectivity index (χ4v) is 2.25. The van der Waals surface area contributed by atoms with Gasteiger partial charge in [-0.1, -0.05) is 41.5 Å². The van der Waals surface area contributed by atoms with Gasteiger partial charge >= 0.3 is 0 Å². The van der Waals surface area contributed by atoms with Crippen LogP contribution in [0.4, 0.5) is 0 Å². The van der Waals surface area contributed by atoms with Crippen molar-refractivity contribution in [3.8, 4) is 5.75 Å². The number of thiocarbonyl (C=S) groups is 1. The Bertz CT molecular complexity index is 516. The molecule has 0 saturated carbocycles. The van der Waals surface area contributed by atoms with E-state index in [1.54, 1.807) is 4.90 Å². The van der Waals surface area contributed by atoms with E-state index in [1.807, 2.05) is 26.2 Å². The Balaban J connectivity index is 3.27. The lowest BCUT2D eigenvalue weighted by Gasteiger charge is -2.28. The summed E-state index contributed by atoms with van der Waals surface area (Å²) in [6.45, 7) is 13.0. The molecular formula is C18H29NO2S. The normalized spacial score (nSPS) is 12.2. The first-order valence-electron chi connectivity index (χ1n) is 7.55. The van der Waals surface area contributed by atoms with Crippen LogP contribution >= 0.6 is 12.2 Å². The van der Waals surface area contributed by atoms with Gasteiger partial charge in [0.2, 0.25) is 0 Å². The lowest BCUT2D eigenvalue weighted by molar-refractivity contribution is 0.257. The fraction of sp³-hybridized carbons (Fsp3) is 0.611. The van der Waals surface area contributed by atoms with Crippen molar-refractivity contribution in [2.24, 2.45) is 0 Å². The number of benzene rings is 1. The highest BCUT2D eigenvalue weighted by Gasteiger charge is 2.26. The summed E-state index contributed by atoms with van der Waals surface area (Å²) in [6.07, 6.45) is 0. The standard InChI is InChI=1S/C18H29NO2S/c1-17(2,3)13-9-12(11-21-16(22)19(7)8)10-14(15(13)20)18(4,5)6/h9-10,20H,11H2,1-8H3. The maximum Gasteiger partial charge on any atom is 0.259 e. The van der Waals surface area contributed by atoms with Crippen molar-refractivity contribution in [1.82, 2.24) is 4.90 Å². The Morgan fingerprint density at radius 2 is 1.45 bits per heavy atom. The van der Waals surface area contributed by atoms with Gasteiger partial charge in [0.25, 0.3) is 5.17 Å². The maximum absolute atomic E-state index is 10.7. The third kappa shape index (κ3) is 4.60. The smallest absolute Gasteiger partial charge is 0.259 e. The van der Waals surface area contributed by atoms with Crippen LogP contribution < -0.4 is 0 Å². The number of rotatable bonds is 2. The Labute approximate surface area is 140 Å². The number of hydrogen-bond acceptors (Lipinski definition) is 3. The van der Waals surface area contributed by atoms with Crippen molar-refractivity contribution in [3.63, 3.8) is 0 Å². The molecule has 0 aliphatic heterocycles. The van der Waals surface area contributed by atoms with E-state index in [0.29, 0.717) is 17.5 Å². The van der Waals surface area contributed by atoms with E-state index in [-0.39, 0.29) is 10.8 Å². The van der Waals surface area contributed by atoms with Gasteiger partial charge in [-0.05, 0) is 51.9 Å². The molecule has 1 aromatic carbocycles. The molecule has 0 saturated heterocycles. The zero-order chi connectivity index (χ0) is 17.3. The van der Waals surface area contributed by atoms with E-state index in [2.05, 4.69) is 41.5 Å². The molecule has 0 aromatic heterocycles. The summed E-state index contributed by atoms with van der Waals surface area (Å²) < 4.78 is 5.64. The van der Waals surface area contributed by atoms with Crippen LogP contribution in [0.25, 0.3) is 0 Å². The van der Waals surface area contributed by atoms with E-state index in [4.69, 9.17) is 17.0 Å². The van der Waals surface area contributed by atoms with Crippen molar-refractivity contribution < 1.29 is 9.84 Å². The molecule has 0 spiro atoms. The molecule has 1 N–H and O–H groups in total. The lowest BCUT2D eigenvalue weighted by atomic mass is 9.78. The molecule has 3 nitrogen and oxygen atoms in total. The molecule has 0 radical (unpaired) electrons. The summed E-state index contributed by atoms with van der Waals surface area (Å²) >= 11 is 5.17. The molecule has 1 rings (SSSR count). The molecule has 1 aromatic rings. The van der Waals surface area contributed by atoms with Gasteiger partial charge in [0.05, 0.1) is 0 Å². The summed E-state index contributed by atoms with van der Waals surface area (Å²) in [6, 6.07) is 4.03. The number of phenols is 1. The largest absolute Gasteiger partial charge is 0.507 e. The van der Waals surface area contributed by atoms with Gasteiger partial charge < -0.3 is 14.7 Å². The lowest BCUT2D eigenvalue weighted by Crippen LogP contribution is -2.23. The number of phenolic OH excluding ortho intramolecular Hbond substituents is 1. The maximum atomic E-state index is 10.7. The van der Waals surface area contributed by atoms with Crippen molar-refractivity contribution in [3.05, 3.63) is 28.8 Å². The van der Waals surface area contributed by atoms with Crippen LogP contribution in [0.1, 0.15) is 58.2 Å². The van der Waals surface area contributed by atoms with Gasteiger partial charge in [-0.3, -0.25) is 0 Å². The first-order chi connectivity index (χ1) is 9.84. The van der Waals surface area contributed by atoms with Gasteiger partial charge in [0.15, 0.2) is 0 Å². The molecule has 0 atom stereocenters. The van der Waals surface area contributed by atoms with Crippen LogP contribution in [0.5, 0.6) is 5.75 Å². The second-order valence-electron chi connectivity index (χ2n) is 7.99. The Morgan fingerprint density at radius 3 is 1.77 bits per heavy atom. The summed E-state index contributed by atoms with van der Waals surface area (Å²) in [5, 5.41) is 11.1. The van der Waals surface area contributed by atoms with Crippen molar-refractivity contribution in [2.75, 3.05) is 14.1 Å². The molecule has 0 heterocycles. The van der Waals surface area contributed by atoms with E-state index in [0.717, 1.165) is 16.7 Å². The fourth-order valence-electron chi connectivity index (χ4n) is 2.20. The summed E-state index contributed by atoms with van der Waals surface area (Å²) in [7, 11) is 3.72. The highest BCUT2D eigenvalue weighted by atomic mass is 32.1. The molecular weight excluding hydrogens is 294 g/mol. The van der Waals surface area contributed by atoms with Gasteiger partial charge in [-0.25, -0.2) is 0 Å². The predicted octanol–water partition coefficient (Wildman–Crippen LogP) is 4.35. The van der Waals surface area contributed by atoms with Crippen LogP contribution in [0.3, 0.4) is 0 Å². The van der Waals surface area contributed by atoms with E-state index in [9.17, 15) is 5.11 Å². The number of hydrogen-bond donors (Lipinski definition) is 1. The number of aromatic hydroxyl groups is 1. The molecule has 4 heteroatoms. The third-order valence-electron chi connectivity index (χ3n) is 3.51. The molecule has 0 fully saturated rings. The van der Waals surface area contributed by atoms with Crippen LogP contribution in [-0.2, 0) is 22.2 Å². The summed E-state index contributed by atoms with van der Waals surface area (Å²) in [4.78, 5) is 1.77. The summed E-state index contributed by atoms with van der Waals surface area (Å²) in [5.74, 6) is 0.388. The molecule has 0 aliphatic carbocycles. The Morgan fingerprint density at radius 1 is 1.05 bits per heavy atom. The van der Waals surface area contributed by atoms with Crippen molar-refractivity contribution in [1.29, 1.82) is 0 Å². The molecule has 0 bridgehead atoms. The second-order valence-corrected chi connectivity index (χ2v) is 8.34. The Hall–Kier alpha value is -1.29. The van der Waals surface area contributed by atoms with Gasteiger partial charge in [-0.15, -0.1) is 0 Å². The minimum absolute atomic E-state index is 0.137. The van der Waals surface area contributed by atoms with Crippen molar-refractivity contribution >= 4 is 17.4 Å². The van der Waals surface area contributed by atoms with Gasteiger partial charge in [0.1, 0.15) is 12.4 Å². The number of nitrogens with zero attached hydrogens (tertiary/aromatic N) is 1. The zero-order valence-electron chi connectivity index (χ0n) is 15.1. The predicted molar refractivity (Wildman–Crippen MR) is 96.6 cm³/mol. The minimum atomic E-state index is -0.137. The minimum Gasteiger partial charge on any atom is -0.507 e. The molecule has 0 unspecified atom stereocenters. The van der Waals surface area contributed by atoms with Gasteiger partial charge in [0, 0.05) is 14.1 Å². The SMILES string of the molecule is CN(C)C(=S)OCc1cc(C(C)(C)C)c(O)c(C(C)(C)C)c1. The zero-order valence-corrected chi connectivity index (χ0v) is 15.9. The molecule has 0 aliphatic rings. The second kappa shape index (κ2) is 6.45. The highest BCUT2D eigenvalue weighted by Crippen LogP contribution is 2.39. The third-order valence-corrected chi connectivity index (χ3v) is 4.00. The molecule has 22 heavy (non-hydrogen) atoms. The van der Waals surface area contributed by atoms with E-state index < -0.39 is 0 Å². The molecule has 0 amide bonds. The first kappa shape index (κ1) is 18.8. The van der Waals surface area contributed by atoms with Crippen molar-refractivity contribution in [2.45, 2.75) is 59.0 Å². The van der Waals surface area contributed by atoms with Crippen LogP contribution in [0, 0.1) is 0 Å². The van der Waals surface area contributed by atoms with Gasteiger partial charge in [-0.2, -0.15) is 0 Å². The van der Waals surface area contributed by atoms with E-state index >= 15 is 0 Å². The quantitative estimate of drug-likeness (QED) is 0.820.